The standard InChI is InChI=1S/C22H22F6N4O2/c23-21(24,25)13-5-3-7-15(11-13)29-19(33)31-17-9-1-2-10-18(17)32-20(34)30-16-8-4-6-14(12-16)22(26,27)28/h3-8,11-12,17-18H,1-2,9-10H2,(H2,29,31,33)(H2,30,32,34). The second kappa shape index (κ2) is 10.2. The van der Waals surface area contributed by atoms with E-state index >= 15 is 0 Å². The predicted molar refractivity (Wildman–Crippen MR) is 113 cm³/mol. The first-order valence-corrected chi connectivity index (χ1v) is 10.4. The van der Waals surface area contributed by atoms with E-state index in [0.29, 0.717) is 12.8 Å². The Morgan fingerprint density at radius 2 is 1.06 bits per heavy atom. The van der Waals surface area contributed by atoms with Crippen LogP contribution in [0.4, 0.5) is 47.3 Å². The van der Waals surface area contributed by atoms with E-state index in [2.05, 4.69) is 21.3 Å². The molecule has 6 nitrogen and oxygen atoms in total. The van der Waals surface area contributed by atoms with E-state index in [0.717, 1.165) is 37.1 Å². The maximum absolute atomic E-state index is 12.9. The monoisotopic (exact) mass is 488 g/mol. The number of alkyl halides is 6. The summed E-state index contributed by atoms with van der Waals surface area (Å²) >= 11 is 0. The van der Waals surface area contributed by atoms with Crippen LogP contribution in [0.5, 0.6) is 0 Å². The van der Waals surface area contributed by atoms with Crippen LogP contribution in [0.3, 0.4) is 0 Å². The molecule has 2 aromatic rings. The average Bonchev–Trinajstić information content (AvgIpc) is 2.74. The summed E-state index contributed by atoms with van der Waals surface area (Å²) in [5, 5.41) is 10.0. The molecule has 2 aromatic carbocycles. The summed E-state index contributed by atoms with van der Waals surface area (Å²) in [6, 6.07) is 5.81. The first kappa shape index (κ1) is 25.2. The van der Waals surface area contributed by atoms with Crippen molar-refractivity contribution in [2.75, 3.05) is 10.6 Å². The summed E-state index contributed by atoms with van der Waals surface area (Å²) in [5.74, 6) is 0. The van der Waals surface area contributed by atoms with Crippen LogP contribution in [0, 0.1) is 0 Å². The van der Waals surface area contributed by atoms with Crippen LogP contribution in [0.25, 0.3) is 0 Å². The van der Waals surface area contributed by atoms with Crippen LogP contribution in [-0.2, 0) is 12.4 Å². The van der Waals surface area contributed by atoms with Gasteiger partial charge in [-0.1, -0.05) is 25.0 Å². The van der Waals surface area contributed by atoms with Gasteiger partial charge in [-0.25, -0.2) is 9.59 Å². The molecular weight excluding hydrogens is 466 g/mol. The van der Waals surface area contributed by atoms with Gasteiger partial charge < -0.3 is 21.3 Å². The molecule has 2 atom stereocenters. The molecule has 1 saturated carbocycles. The van der Waals surface area contributed by atoms with E-state index in [9.17, 15) is 35.9 Å². The Bertz CT molecular complexity index is 943. The van der Waals surface area contributed by atoms with E-state index in [1.165, 1.54) is 24.3 Å². The Balaban J connectivity index is 1.59. The molecule has 4 N–H and O–H groups in total. The number of benzene rings is 2. The van der Waals surface area contributed by atoms with Gasteiger partial charge in [0.1, 0.15) is 0 Å². The molecule has 1 aliphatic carbocycles. The molecule has 1 fully saturated rings. The molecule has 0 aliphatic heterocycles. The van der Waals surface area contributed by atoms with Gasteiger partial charge in [0.2, 0.25) is 0 Å². The molecule has 1 aliphatic rings. The quantitative estimate of drug-likeness (QED) is 0.400. The number of nitrogens with one attached hydrogen (secondary N) is 4. The average molecular weight is 488 g/mol. The van der Waals surface area contributed by atoms with Crippen molar-refractivity contribution < 1.29 is 35.9 Å². The lowest BCUT2D eigenvalue weighted by Crippen LogP contribution is -2.54. The molecule has 0 saturated heterocycles. The molecule has 0 bridgehead atoms. The third-order valence-corrected chi connectivity index (χ3v) is 5.29. The van der Waals surface area contributed by atoms with Crippen LogP contribution in [0.15, 0.2) is 48.5 Å². The Labute approximate surface area is 191 Å². The highest BCUT2D eigenvalue weighted by Crippen LogP contribution is 2.31. The molecule has 0 spiro atoms. The highest BCUT2D eigenvalue weighted by molar-refractivity contribution is 5.91. The van der Waals surface area contributed by atoms with E-state index in [-0.39, 0.29) is 11.4 Å². The van der Waals surface area contributed by atoms with E-state index in [1.807, 2.05) is 0 Å². The predicted octanol–water partition coefficient (Wildman–Crippen LogP) is 5.98. The van der Waals surface area contributed by atoms with Gasteiger partial charge in [-0.2, -0.15) is 26.3 Å². The highest BCUT2D eigenvalue weighted by Gasteiger charge is 2.32. The fourth-order valence-electron chi connectivity index (χ4n) is 3.69. The number of rotatable bonds is 4. The molecule has 4 amide bonds. The minimum absolute atomic E-state index is 0.0464. The van der Waals surface area contributed by atoms with Gasteiger partial charge in [-0.15, -0.1) is 0 Å². The molecule has 3 rings (SSSR count). The van der Waals surface area contributed by atoms with Gasteiger partial charge in [0, 0.05) is 11.4 Å². The summed E-state index contributed by atoms with van der Waals surface area (Å²) in [4.78, 5) is 24.7. The van der Waals surface area contributed by atoms with Crippen LogP contribution in [0.1, 0.15) is 36.8 Å². The van der Waals surface area contributed by atoms with Gasteiger partial charge >= 0.3 is 24.4 Å². The Morgan fingerprint density at radius 1 is 0.676 bits per heavy atom. The normalized spacial score (nSPS) is 18.6. The lowest BCUT2D eigenvalue weighted by molar-refractivity contribution is -0.138. The summed E-state index contributed by atoms with van der Waals surface area (Å²) in [7, 11) is 0. The van der Waals surface area contributed by atoms with Crippen LogP contribution < -0.4 is 21.3 Å². The third-order valence-electron chi connectivity index (χ3n) is 5.29. The molecule has 0 aromatic heterocycles. The van der Waals surface area contributed by atoms with Crippen molar-refractivity contribution in [1.82, 2.24) is 10.6 Å². The molecule has 12 heteroatoms. The fraction of sp³-hybridized carbons (Fsp3) is 0.364. The second-order valence-electron chi connectivity index (χ2n) is 7.85. The van der Waals surface area contributed by atoms with E-state index in [1.54, 1.807) is 0 Å². The van der Waals surface area contributed by atoms with E-state index < -0.39 is 47.6 Å². The minimum atomic E-state index is -4.56. The maximum atomic E-state index is 12.9. The number of carbonyl (C=O) groups is 2. The first-order valence-electron chi connectivity index (χ1n) is 10.4. The maximum Gasteiger partial charge on any atom is 0.416 e. The molecule has 184 valence electrons. The molecule has 34 heavy (non-hydrogen) atoms. The van der Waals surface area contributed by atoms with Crippen molar-refractivity contribution in [1.29, 1.82) is 0 Å². The summed E-state index contributed by atoms with van der Waals surface area (Å²) in [5.41, 5.74) is -1.91. The third kappa shape index (κ3) is 7.03. The van der Waals surface area contributed by atoms with Gasteiger partial charge in [-0.05, 0) is 49.2 Å². The van der Waals surface area contributed by atoms with Crippen molar-refractivity contribution in [3.05, 3.63) is 59.7 Å². The number of halogens is 6. The van der Waals surface area contributed by atoms with Gasteiger partial charge in [0.05, 0.1) is 23.2 Å². The Kier molecular flexibility index (Phi) is 7.57. The number of urea groups is 2. The lowest BCUT2D eigenvalue weighted by atomic mass is 9.90. The SMILES string of the molecule is O=C(Nc1cccc(C(F)(F)F)c1)NC1CCCCC1NC(=O)Nc1cccc(C(F)(F)F)c1. The van der Waals surface area contributed by atoms with Gasteiger partial charge in [0.15, 0.2) is 0 Å². The zero-order chi connectivity index (χ0) is 24.9. The first-order chi connectivity index (χ1) is 15.9. The zero-order valence-electron chi connectivity index (χ0n) is 17.7. The number of amides is 4. The summed E-state index contributed by atoms with van der Waals surface area (Å²) < 4.78 is 77.1. The smallest absolute Gasteiger partial charge is 0.333 e. The fourth-order valence-corrected chi connectivity index (χ4v) is 3.69. The zero-order valence-corrected chi connectivity index (χ0v) is 17.7. The second-order valence-corrected chi connectivity index (χ2v) is 7.85. The van der Waals surface area contributed by atoms with Crippen molar-refractivity contribution in [3.8, 4) is 0 Å². The minimum Gasteiger partial charge on any atom is -0.333 e. The van der Waals surface area contributed by atoms with Crippen molar-refractivity contribution >= 4 is 23.4 Å². The Hall–Kier alpha value is -3.44. The van der Waals surface area contributed by atoms with Crippen molar-refractivity contribution in [3.63, 3.8) is 0 Å². The largest absolute Gasteiger partial charge is 0.416 e. The van der Waals surface area contributed by atoms with E-state index in [4.69, 9.17) is 0 Å². The summed E-state index contributed by atoms with van der Waals surface area (Å²) in [6.07, 6.45) is -6.60. The highest BCUT2D eigenvalue weighted by atomic mass is 19.4. The van der Waals surface area contributed by atoms with Crippen LogP contribution in [0.2, 0.25) is 0 Å². The number of hydrogen-bond donors (Lipinski definition) is 4. The molecular formula is C22H22F6N4O2. The Morgan fingerprint density at radius 3 is 1.41 bits per heavy atom. The lowest BCUT2D eigenvalue weighted by Gasteiger charge is -2.32. The molecule has 0 heterocycles. The number of anilines is 2. The van der Waals surface area contributed by atoms with Crippen LogP contribution in [-0.4, -0.2) is 24.1 Å². The number of hydrogen-bond acceptors (Lipinski definition) is 2. The topological polar surface area (TPSA) is 82.3 Å². The van der Waals surface area contributed by atoms with Crippen molar-refractivity contribution in [2.45, 2.75) is 50.1 Å². The van der Waals surface area contributed by atoms with Gasteiger partial charge in [-0.3, -0.25) is 0 Å². The molecule has 2 unspecified atom stereocenters. The summed E-state index contributed by atoms with van der Waals surface area (Å²) in [6.45, 7) is 0. The van der Waals surface area contributed by atoms with Gasteiger partial charge in [0.25, 0.3) is 0 Å². The molecule has 0 radical (unpaired) electrons. The van der Waals surface area contributed by atoms with Crippen LogP contribution >= 0.6 is 0 Å². The number of carbonyl (C=O) groups excluding carboxylic acids is 2. The van der Waals surface area contributed by atoms with Crippen molar-refractivity contribution in [2.24, 2.45) is 0 Å².